The maximum atomic E-state index is 9.15. The van der Waals surface area contributed by atoms with Crippen LogP contribution in [0.2, 0.25) is 0 Å². The molecule has 0 atom stereocenters. The lowest BCUT2D eigenvalue weighted by atomic mass is 10.2. The van der Waals surface area contributed by atoms with Gasteiger partial charge in [0.25, 0.3) is 0 Å². The van der Waals surface area contributed by atoms with E-state index >= 15 is 0 Å². The molecule has 1 saturated heterocycles. The van der Waals surface area contributed by atoms with Gasteiger partial charge in [0.15, 0.2) is 0 Å². The molecule has 0 saturated carbocycles. The van der Waals surface area contributed by atoms with Crippen molar-refractivity contribution in [3.05, 3.63) is 23.8 Å². The fourth-order valence-corrected chi connectivity index (χ4v) is 2.23. The molecular formula is C12H13NO2S. The Morgan fingerprint density at radius 3 is 2.94 bits per heavy atom. The SMILES string of the molecule is CCSc1cccc(OC2COC2)c1C#N. The first-order valence-corrected chi connectivity index (χ1v) is 6.24. The molecule has 1 aliphatic rings. The third-order valence-electron chi connectivity index (χ3n) is 2.30. The van der Waals surface area contributed by atoms with E-state index in [-0.39, 0.29) is 6.10 Å². The van der Waals surface area contributed by atoms with E-state index in [2.05, 4.69) is 13.0 Å². The fourth-order valence-electron chi connectivity index (χ4n) is 1.46. The number of benzene rings is 1. The van der Waals surface area contributed by atoms with Crippen molar-refractivity contribution in [3.8, 4) is 11.8 Å². The smallest absolute Gasteiger partial charge is 0.145 e. The van der Waals surface area contributed by atoms with Crippen molar-refractivity contribution < 1.29 is 9.47 Å². The topological polar surface area (TPSA) is 42.2 Å². The predicted octanol–water partition coefficient (Wildman–Crippen LogP) is 2.45. The van der Waals surface area contributed by atoms with Gasteiger partial charge in [0.2, 0.25) is 0 Å². The summed E-state index contributed by atoms with van der Waals surface area (Å²) in [5.41, 5.74) is 0.640. The lowest BCUT2D eigenvalue weighted by Gasteiger charge is -2.27. The van der Waals surface area contributed by atoms with E-state index in [1.165, 1.54) is 0 Å². The van der Waals surface area contributed by atoms with E-state index in [1.807, 2.05) is 18.2 Å². The summed E-state index contributed by atoms with van der Waals surface area (Å²) in [4.78, 5) is 0.989. The Balaban J connectivity index is 2.22. The van der Waals surface area contributed by atoms with E-state index in [0.717, 1.165) is 10.6 Å². The quantitative estimate of drug-likeness (QED) is 0.752. The molecule has 0 amide bonds. The van der Waals surface area contributed by atoms with Gasteiger partial charge in [0.05, 0.1) is 13.2 Å². The zero-order chi connectivity index (χ0) is 11.4. The summed E-state index contributed by atoms with van der Waals surface area (Å²) in [6.07, 6.45) is 0.106. The van der Waals surface area contributed by atoms with Crippen LogP contribution in [0.1, 0.15) is 12.5 Å². The molecule has 1 fully saturated rings. The molecule has 0 radical (unpaired) electrons. The first-order valence-electron chi connectivity index (χ1n) is 5.25. The number of thioether (sulfide) groups is 1. The zero-order valence-electron chi connectivity index (χ0n) is 9.10. The third-order valence-corrected chi connectivity index (χ3v) is 3.24. The lowest BCUT2D eigenvalue weighted by molar-refractivity contribution is -0.0798. The summed E-state index contributed by atoms with van der Waals surface area (Å²) < 4.78 is 10.7. The van der Waals surface area contributed by atoms with E-state index in [9.17, 15) is 0 Å². The Hall–Kier alpha value is -1.18. The van der Waals surface area contributed by atoms with Crippen molar-refractivity contribution >= 4 is 11.8 Å². The van der Waals surface area contributed by atoms with Crippen molar-refractivity contribution in [1.82, 2.24) is 0 Å². The molecule has 1 aromatic rings. The molecule has 0 unspecified atom stereocenters. The number of ether oxygens (including phenoxy) is 2. The van der Waals surface area contributed by atoms with Gasteiger partial charge >= 0.3 is 0 Å². The second-order valence-corrected chi connectivity index (χ2v) is 4.76. The van der Waals surface area contributed by atoms with Gasteiger partial charge in [-0.3, -0.25) is 0 Å². The molecule has 1 aromatic carbocycles. The second-order valence-electron chi connectivity index (χ2n) is 3.45. The molecule has 0 bridgehead atoms. The highest BCUT2D eigenvalue weighted by Crippen LogP contribution is 2.30. The molecule has 4 heteroatoms. The summed E-state index contributed by atoms with van der Waals surface area (Å²) in [5.74, 6) is 1.62. The monoisotopic (exact) mass is 235 g/mol. The van der Waals surface area contributed by atoms with Crippen LogP contribution in [0.15, 0.2) is 23.1 Å². The Labute approximate surface area is 99.4 Å². The molecule has 0 aromatic heterocycles. The minimum atomic E-state index is 0.106. The molecule has 0 N–H and O–H groups in total. The van der Waals surface area contributed by atoms with Crippen LogP contribution in [0.4, 0.5) is 0 Å². The molecule has 2 rings (SSSR count). The van der Waals surface area contributed by atoms with Gasteiger partial charge in [-0.1, -0.05) is 13.0 Å². The van der Waals surface area contributed by atoms with Crippen LogP contribution in [-0.2, 0) is 4.74 Å². The van der Waals surface area contributed by atoms with Crippen LogP contribution in [-0.4, -0.2) is 25.1 Å². The van der Waals surface area contributed by atoms with Crippen molar-refractivity contribution in [2.75, 3.05) is 19.0 Å². The van der Waals surface area contributed by atoms with Crippen LogP contribution < -0.4 is 4.74 Å². The van der Waals surface area contributed by atoms with Crippen LogP contribution in [0, 0.1) is 11.3 Å². The van der Waals surface area contributed by atoms with Gasteiger partial charge in [-0.15, -0.1) is 11.8 Å². The Kier molecular flexibility index (Phi) is 3.70. The van der Waals surface area contributed by atoms with Gasteiger partial charge in [-0.2, -0.15) is 5.26 Å². The van der Waals surface area contributed by atoms with Gasteiger partial charge in [-0.05, 0) is 17.9 Å². The third kappa shape index (κ3) is 2.31. The minimum Gasteiger partial charge on any atom is -0.484 e. The zero-order valence-corrected chi connectivity index (χ0v) is 9.92. The van der Waals surface area contributed by atoms with Crippen molar-refractivity contribution in [2.24, 2.45) is 0 Å². The van der Waals surface area contributed by atoms with Crippen LogP contribution in [0.25, 0.3) is 0 Å². The Morgan fingerprint density at radius 2 is 2.38 bits per heavy atom. The Bertz CT molecular complexity index is 410. The number of rotatable bonds is 4. The average Bonchev–Trinajstić information content (AvgIpc) is 2.24. The molecule has 1 aliphatic heterocycles. The summed E-state index contributed by atoms with van der Waals surface area (Å²) in [6, 6.07) is 7.94. The fraction of sp³-hybridized carbons (Fsp3) is 0.417. The molecule has 1 heterocycles. The molecule has 16 heavy (non-hydrogen) atoms. The lowest BCUT2D eigenvalue weighted by Crippen LogP contribution is -2.38. The van der Waals surface area contributed by atoms with Gasteiger partial charge < -0.3 is 9.47 Å². The van der Waals surface area contributed by atoms with E-state index in [4.69, 9.17) is 14.7 Å². The highest BCUT2D eigenvalue weighted by atomic mass is 32.2. The van der Waals surface area contributed by atoms with Crippen molar-refractivity contribution in [1.29, 1.82) is 5.26 Å². The summed E-state index contributed by atoms with van der Waals surface area (Å²) in [6.45, 7) is 3.31. The molecular weight excluding hydrogens is 222 g/mol. The van der Waals surface area contributed by atoms with E-state index in [1.54, 1.807) is 11.8 Å². The van der Waals surface area contributed by atoms with Crippen molar-refractivity contribution in [3.63, 3.8) is 0 Å². The molecule has 0 spiro atoms. The largest absolute Gasteiger partial charge is 0.484 e. The number of nitrogens with zero attached hydrogens (tertiary/aromatic N) is 1. The first kappa shape index (κ1) is 11.3. The summed E-state index contributed by atoms with van der Waals surface area (Å²) in [7, 11) is 0. The second kappa shape index (κ2) is 5.24. The molecule has 0 aliphatic carbocycles. The van der Waals surface area contributed by atoms with Crippen molar-refractivity contribution in [2.45, 2.75) is 17.9 Å². The highest BCUT2D eigenvalue weighted by Gasteiger charge is 2.22. The molecule has 3 nitrogen and oxygen atoms in total. The maximum Gasteiger partial charge on any atom is 0.145 e. The van der Waals surface area contributed by atoms with Crippen LogP contribution in [0.5, 0.6) is 5.75 Å². The Morgan fingerprint density at radius 1 is 1.56 bits per heavy atom. The van der Waals surface area contributed by atoms with E-state index in [0.29, 0.717) is 24.5 Å². The van der Waals surface area contributed by atoms with Gasteiger partial charge in [0, 0.05) is 4.90 Å². The summed E-state index contributed by atoms with van der Waals surface area (Å²) in [5, 5.41) is 9.15. The maximum absolute atomic E-state index is 9.15. The first-order chi connectivity index (χ1) is 7.85. The van der Waals surface area contributed by atoms with Gasteiger partial charge in [0.1, 0.15) is 23.5 Å². The number of nitriles is 1. The molecule has 84 valence electrons. The van der Waals surface area contributed by atoms with Crippen LogP contribution >= 0.6 is 11.8 Å². The standard InChI is InChI=1S/C12H13NO2S/c1-2-16-12-5-3-4-11(10(12)6-13)15-9-7-14-8-9/h3-5,9H,2,7-8H2,1H3. The van der Waals surface area contributed by atoms with Crippen LogP contribution in [0.3, 0.4) is 0 Å². The predicted molar refractivity (Wildman–Crippen MR) is 62.8 cm³/mol. The average molecular weight is 235 g/mol. The summed E-state index contributed by atoms with van der Waals surface area (Å²) >= 11 is 1.66. The van der Waals surface area contributed by atoms with E-state index < -0.39 is 0 Å². The number of hydrogen-bond acceptors (Lipinski definition) is 4. The van der Waals surface area contributed by atoms with Gasteiger partial charge in [-0.25, -0.2) is 0 Å². The number of hydrogen-bond donors (Lipinski definition) is 0. The minimum absolute atomic E-state index is 0.106. The highest BCUT2D eigenvalue weighted by molar-refractivity contribution is 7.99. The normalized spacial score (nSPS) is 15.2.